The first kappa shape index (κ1) is 32.9. The number of ether oxygens (including phenoxy) is 4. The van der Waals surface area contributed by atoms with Gasteiger partial charge in [-0.05, 0) is 80.4 Å². The Labute approximate surface area is 292 Å². The summed E-state index contributed by atoms with van der Waals surface area (Å²) >= 11 is 0. The number of hydrogen-bond acceptors (Lipinski definition) is 4. The molecule has 7 rings (SSSR count). The lowest BCUT2D eigenvalue weighted by Gasteiger charge is -2.38. The predicted molar refractivity (Wildman–Crippen MR) is 207 cm³/mol. The van der Waals surface area contributed by atoms with Crippen molar-refractivity contribution in [3.8, 4) is 28.7 Å². The van der Waals surface area contributed by atoms with E-state index in [9.17, 15) is 0 Å². The maximum absolute atomic E-state index is 7.34. The average Bonchev–Trinajstić information content (AvgIpc) is 3.14. The number of hydrogen-bond donors (Lipinski definition) is 0. The van der Waals surface area contributed by atoms with Crippen LogP contribution in [0.5, 0.6) is 28.7 Å². The molecular formula is C43H40O4P2. The van der Waals surface area contributed by atoms with Crippen molar-refractivity contribution in [1.29, 1.82) is 0 Å². The molecule has 1 aliphatic rings. The van der Waals surface area contributed by atoms with E-state index in [1.165, 1.54) is 48.5 Å². The minimum atomic E-state index is -0.993. The number of para-hydroxylation sites is 2. The van der Waals surface area contributed by atoms with Crippen molar-refractivity contribution in [2.24, 2.45) is 0 Å². The van der Waals surface area contributed by atoms with Gasteiger partial charge >= 0.3 is 0 Å². The summed E-state index contributed by atoms with van der Waals surface area (Å²) < 4.78 is 24.0. The number of methoxy groups -OCH3 is 3. The molecule has 0 saturated heterocycles. The van der Waals surface area contributed by atoms with Gasteiger partial charge in [0.2, 0.25) is 0 Å². The summed E-state index contributed by atoms with van der Waals surface area (Å²) in [5, 5.41) is 7.34. The van der Waals surface area contributed by atoms with Gasteiger partial charge in [-0.15, -0.1) is 0 Å². The molecule has 0 aromatic heterocycles. The zero-order valence-electron chi connectivity index (χ0n) is 28.7. The highest BCUT2D eigenvalue weighted by molar-refractivity contribution is 7.80. The lowest BCUT2D eigenvalue weighted by molar-refractivity contribution is 0.415. The second-order valence-electron chi connectivity index (χ2n) is 12.6. The van der Waals surface area contributed by atoms with Crippen LogP contribution >= 0.6 is 15.8 Å². The van der Waals surface area contributed by atoms with Crippen molar-refractivity contribution in [2.45, 2.75) is 26.2 Å². The first-order valence-corrected chi connectivity index (χ1v) is 19.0. The van der Waals surface area contributed by atoms with Crippen LogP contribution in [0.25, 0.3) is 0 Å². The van der Waals surface area contributed by atoms with Crippen LogP contribution < -0.4 is 50.8 Å². The molecule has 0 radical (unpaired) electrons. The van der Waals surface area contributed by atoms with Crippen LogP contribution in [0.3, 0.4) is 0 Å². The van der Waals surface area contributed by atoms with E-state index in [-0.39, 0.29) is 5.41 Å². The summed E-state index contributed by atoms with van der Waals surface area (Å²) in [5.41, 5.74) is 3.32. The second-order valence-corrected chi connectivity index (χ2v) is 17.0. The summed E-state index contributed by atoms with van der Waals surface area (Å²) in [5.74, 6) is 4.41. The predicted octanol–water partition coefficient (Wildman–Crippen LogP) is 7.97. The summed E-state index contributed by atoms with van der Waals surface area (Å²) in [4.78, 5) is 0. The number of fused-ring (bicyclic) bond motifs is 2. The largest absolute Gasteiger partial charge is 0.497 e. The third-order valence-electron chi connectivity index (χ3n) is 9.31. The molecule has 49 heavy (non-hydrogen) atoms. The summed E-state index contributed by atoms with van der Waals surface area (Å²) in [6.07, 6.45) is 0. The zero-order valence-corrected chi connectivity index (χ0v) is 30.5. The van der Waals surface area contributed by atoms with Gasteiger partial charge in [-0.25, -0.2) is 0 Å². The van der Waals surface area contributed by atoms with Crippen LogP contribution in [0.2, 0.25) is 0 Å². The topological polar surface area (TPSA) is 36.9 Å². The maximum Gasteiger partial charge on any atom is 0.139 e. The van der Waals surface area contributed by atoms with Crippen LogP contribution in [-0.2, 0) is 5.41 Å². The Morgan fingerprint density at radius 1 is 0.449 bits per heavy atom. The molecule has 0 aliphatic carbocycles. The molecule has 0 spiro atoms. The van der Waals surface area contributed by atoms with Gasteiger partial charge in [0, 0.05) is 27.2 Å². The van der Waals surface area contributed by atoms with Gasteiger partial charge in [-0.3, -0.25) is 0 Å². The van der Waals surface area contributed by atoms with Gasteiger partial charge in [0.05, 0.1) is 21.3 Å². The molecule has 1 aliphatic heterocycles. The smallest absolute Gasteiger partial charge is 0.139 e. The SMILES string of the molecule is COc1ccc(P(c2ccc(C)cc2)c2cccc3c2Oc2c(P(c4ccc(OC)cc4)c4ccc(OC)cc4)cccc2C3(C)C)cc1. The van der Waals surface area contributed by atoms with Gasteiger partial charge in [0.25, 0.3) is 0 Å². The van der Waals surface area contributed by atoms with Crippen molar-refractivity contribution in [2.75, 3.05) is 21.3 Å². The van der Waals surface area contributed by atoms with Gasteiger partial charge < -0.3 is 18.9 Å². The van der Waals surface area contributed by atoms with Crippen LogP contribution in [0.1, 0.15) is 30.5 Å². The van der Waals surface area contributed by atoms with Crippen molar-refractivity contribution in [3.63, 3.8) is 0 Å². The average molecular weight is 683 g/mol. The highest BCUT2D eigenvalue weighted by atomic mass is 31.1. The van der Waals surface area contributed by atoms with Crippen LogP contribution in [0.4, 0.5) is 0 Å². The quantitative estimate of drug-likeness (QED) is 0.145. The fourth-order valence-corrected chi connectivity index (χ4v) is 11.3. The number of rotatable bonds is 9. The molecule has 0 fully saturated rings. The summed E-state index contributed by atoms with van der Waals surface area (Å²) in [6, 6.07) is 47.7. The van der Waals surface area contributed by atoms with Gasteiger partial charge in [0.1, 0.15) is 28.7 Å². The number of benzene rings is 6. The Bertz CT molecular complexity index is 2020. The molecule has 1 atom stereocenters. The highest BCUT2D eigenvalue weighted by Crippen LogP contribution is 2.52. The van der Waals surface area contributed by atoms with E-state index >= 15 is 0 Å². The standard InChI is InChI=1S/C43H40O4P2/c1-29-13-21-33(22-14-29)48(34-23-15-30(44-4)16-24-34)39-11-7-9-37-41(39)47-42-38(43(37,2)3)10-8-12-40(42)49(35-25-17-31(45-5)18-26-35)36-27-19-32(46-6)20-28-36/h7-28H,1-6H3. The molecule has 1 heterocycles. The molecule has 6 aromatic carbocycles. The van der Waals surface area contributed by atoms with Gasteiger partial charge in [0.15, 0.2) is 0 Å². The van der Waals surface area contributed by atoms with Crippen molar-refractivity contribution in [3.05, 3.63) is 150 Å². The Morgan fingerprint density at radius 3 is 1.10 bits per heavy atom. The molecule has 1 unspecified atom stereocenters. The van der Waals surface area contributed by atoms with Crippen molar-refractivity contribution >= 4 is 47.7 Å². The molecule has 0 bridgehead atoms. The van der Waals surface area contributed by atoms with E-state index in [1.54, 1.807) is 21.3 Å². The van der Waals surface area contributed by atoms with E-state index in [0.717, 1.165) is 28.7 Å². The molecule has 0 saturated carbocycles. The summed E-state index contributed by atoms with van der Waals surface area (Å²) in [7, 11) is 3.18. The lowest BCUT2D eigenvalue weighted by atomic mass is 9.76. The maximum atomic E-state index is 7.34. The van der Waals surface area contributed by atoms with Crippen molar-refractivity contribution < 1.29 is 18.9 Å². The molecular weight excluding hydrogens is 642 g/mol. The third kappa shape index (κ3) is 6.21. The van der Waals surface area contributed by atoms with Gasteiger partial charge in [-0.1, -0.05) is 116 Å². The van der Waals surface area contributed by atoms with Crippen LogP contribution in [0, 0.1) is 6.92 Å². The molecule has 6 heteroatoms. The molecule has 0 N–H and O–H groups in total. The molecule has 6 aromatic rings. The van der Waals surface area contributed by atoms with E-state index in [2.05, 4.69) is 130 Å². The monoisotopic (exact) mass is 682 g/mol. The minimum absolute atomic E-state index is 0.302. The fraction of sp³-hybridized carbons (Fsp3) is 0.163. The Balaban J connectivity index is 1.43. The lowest BCUT2D eigenvalue weighted by Crippen LogP contribution is -2.32. The first-order chi connectivity index (χ1) is 23.8. The minimum Gasteiger partial charge on any atom is -0.497 e. The van der Waals surface area contributed by atoms with E-state index in [0.29, 0.717) is 0 Å². The van der Waals surface area contributed by atoms with E-state index in [1.807, 2.05) is 24.3 Å². The van der Waals surface area contributed by atoms with Crippen molar-refractivity contribution in [1.82, 2.24) is 0 Å². The van der Waals surface area contributed by atoms with Gasteiger partial charge in [-0.2, -0.15) is 0 Å². The first-order valence-electron chi connectivity index (χ1n) is 16.4. The van der Waals surface area contributed by atoms with Crippen LogP contribution in [0.15, 0.2) is 133 Å². The molecule has 246 valence electrons. The third-order valence-corrected chi connectivity index (χ3v) is 14.2. The second kappa shape index (κ2) is 13.7. The normalized spacial score (nSPS) is 13.5. The number of aryl methyl sites for hydroxylation is 1. The molecule has 4 nitrogen and oxygen atoms in total. The highest BCUT2D eigenvalue weighted by Gasteiger charge is 2.39. The zero-order chi connectivity index (χ0) is 34.1. The van der Waals surface area contributed by atoms with Crippen LogP contribution in [-0.4, -0.2) is 21.3 Å². The van der Waals surface area contributed by atoms with E-state index in [4.69, 9.17) is 18.9 Å². The molecule has 0 amide bonds. The van der Waals surface area contributed by atoms with E-state index < -0.39 is 15.8 Å². The Kier molecular flexibility index (Phi) is 9.21. The summed E-state index contributed by atoms with van der Waals surface area (Å²) in [6.45, 7) is 6.79. The fourth-order valence-electron chi connectivity index (χ4n) is 6.59. The Hall–Kier alpha value is -4.62. The Morgan fingerprint density at radius 2 is 0.776 bits per heavy atom.